The summed E-state index contributed by atoms with van der Waals surface area (Å²) in [7, 11) is 0. The van der Waals surface area contributed by atoms with E-state index in [2.05, 4.69) is 38.2 Å². The Hall–Kier alpha value is -0.530. The van der Waals surface area contributed by atoms with Gasteiger partial charge in [-0.2, -0.15) is 0 Å². The third-order valence-corrected chi connectivity index (χ3v) is 4.08. The summed E-state index contributed by atoms with van der Waals surface area (Å²) in [5.74, 6) is 0. The minimum absolute atomic E-state index is 0.457. The summed E-state index contributed by atoms with van der Waals surface area (Å²) in [4.78, 5) is 0. The second-order valence-corrected chi connectivity index (χ2v) is 6.25. The van der Waals surface area contributed by atoms with Crippen LogP contribution in [0.1, 0.15) is 77.3 Å². The lowest BCUT2D eigenvalue weighted by atomic mass is 10.00. The summed E-state index contributed by atoms with van der Waals surface area (Å²) in [6.07, 6.45) is 9.02. The molecule has 0 saturated carbocycles. The molecule has 0 saturated heterocycles. The molecule has 1 N–H and O–H groups in total. The van der Waals surface area contributed by atoms with Crippen LogP contribution in [0.2, 0.25) is 5.02 Å². The Morgan fingerprint density at radius 3 is 2.25 bits per heavy atom. The maximum absolute atomic E-state index is 5.98. The summed E-state index contributed by atoms with van der Waals surface area (Å²) in [5.41, 5.74) is 1.36. The van der Waals surface area contributed by atoms with Crippen molar-refractivity contribution in [1.29, 1.82) is 0 Å². The van der Waals surface area contributed by atoms with E-state index in [-0.39, 0.29) is 0 Å². The van der Waals surface area contributed by atoms with E-state index in [1.807, 2.05) is 12.1 Å². The topological polar surface area (TPSA) is 12.0 Å². The van der Waals surface area contributed by atoms with Crippen molar-refractivity contribution in [2.75, 3.05) is 0 Å². The van der Waals surface area contributed by atoms with Gasteiger partial charge in [-0.15, -0.1) is 0 Å². The Balaban J connectivity index is 2.47. The third kappa shape index (κ3) is 6.76. The van der Waals surface area contributed by atoms with Gasteiger partial charge in [-0.25, -0.2) is 0 Å². The number of hydrogen-bond donors (Lipinski definition) is 1. The van der Waals surface area contributed by atoms with Crippen LogP contribution in [0.15, 0.2) is 24.3 Å². The van der Waals surface area contributed by atoms with E-state index in [0.717, 1.165) is 5.02 Å². The summed E-state index contributed by atoms with van der Waals surface area (Å²) >= 11 is 5.98. The van der Waals surface area contributed by atoms with Gasteiger partial charge in [-0.05, 0) is 37.5 Å². The number of unbranched alkanes of at least 4 members (excludes halogenated alkanes) is 3. The first-order valence-corrected chi connectivity index (χ1v) is 8.56. The quantitative estimate of drug-likeness (QED) is 0.512. The monoisotopic (exact) mass is 295 g/mol. The lowest BCUT2D eigenvalue weighted by Crippen LogP contribution is -2.30. The van der Waals surface area contributed by atoms with Gasteiger partial charge in [-0.1, -0.05) is 69.7 Å². The summed E-state index contributed by atoms with van der Waals surface area (Å²) < 4.78 is 0. The lowest BCUT2D eigenvalue weighted by Gasteiger charge is -2.23. The summed E-state index contributed by atoms with van der Waals surface area (Å²) in [6.45, 7) is 6.82. The Kier molecular flexibility index (Phi) is 8.97. The average molecular weight is 296 g/mol. The van der Waals surface area contributed by atoms with Crippen LogP contribution in [-0.2, 0) is 0 Å². The molecule has 0 aromatic heterocycles. The molecule has 1 nitrogen and oxygen atoms in total. The highest BCUT2D eigenvalue weighted by Crippen LogP contribution is 2.22. The van der Waals surface area contributed by atoms with Crippen LogP contribution < -0.4 is 5.32 Å². The molecule has 0 aliphatic carbocycles. The molecule has 0 aliphatic rings. The molecule has 0 radical (unpaired) electrons. The Morgan fingerprint density at radius 1 is 0.950 bits per heavy atom. The summed E-state index contributed by atoms with van der Waals surface area (Å²) in [5, 5.41) is 4.60. The minimum atomic E-state index is 0.457. The van der Waals surface area contributed by atoms with Crippen molar-refractivity contribution in [2.45, 2.75) is 77.8 Å². The number of hydrogen-bond acceptors (Lipinski definition) is 1. The number of nitrogens with one attached hydrogen (secondary N) is 1. The highest BCUT2D eigenvalue weighted by Gasteiger charge is 2.13. The number of benzene rings is 1. The molecule has 20 heavy (non-hydrogen) atoms. The number of rotatable bonds is 10. The maximum atomic E-state index is 5.98. The third-order valence-electron chi connectivity index (χ3n) is 3.83. The van der Waals surface area contributed by atoms with E-state index in [9.17, 15) is 0 Å². The summed E-state index contributed by atoms with van der Waals surface area (Å²) in [6, 6.07) is 9.33. The first kappa shape index (κ1) is 17.5. The van der Waals surface area contributed by atoms with E-state index >= 15 is 0 Å². The smallest absolute Gasteiger partial charge is 0.0406 e. The standard InChI is InChI=1S/C18H30ClN/c1-4-6-7-8-10-15(3)20-18(9-5-2)16-11-13-17(19)14-12-16/h11-15,18,20H,4-10H2,1-3H3. The van der Waals surface area contributed by atoms with Gasteiger partial charge in [0.15, 0.2) is 0 Å². The molecule has 0 bridgehead atoms. The zero-order valence-electron chi connectivity index (χ0n) is 13.3. The molecular formula is C18H30ClN. The van der Waals surface area contributed by atoms with Gasteiger partial charge >= 0.3 is 0 Å². The van der Waals surface area contributed by atoms with Crippen molar-refractivity contribution in [3.05, 3.63) is 34.9 Å². The van der Waals surface area contributed by atoms with E-state index in [0.29, 0.717) is 12.1 Å². The first-order chi connectivity index (χ1) is 9.67. The van der Waals surface area contributed by atoms with Crippen LogP contribution in [0.3, 0.4) is 0 Å². The highest BCUT2D eigenvalue weighted by molar-refractivity contribution is 6.30. The highest BCUT2D eigenvalue weighted by atomic mass is 35.5. The fraction of sp³-hybridized carbons (Fsp3) is 0.667. The SMILES string of the molecule is CCCCCCC(C)NC(CCC)c1ccc(Cl)cc1. The predicted octanol–water partition coefficient (Wildman–Crippen LogP) is 6.13. The molecule has 0 heterocycles. The second-order valence-electron chi connectivity index (χ2n) is 5.81. The first-order valence-electron chi connectivity index (χ1n) is 8.18. The zero-order valence-corrected chi connectivity index (χ0v) is 14.0. The van der Waals surface area contributed by atoms with Crippen LogP contribution in [-0.4, -0.2) is 6.04 Å². The van der Waals surface area contributed by atoms with Crippen LogP contribution in [0.4, 0.5) is 0 Å². The molecule has 2 heteroatoms. The largest absolute Gasteiger partial charge is 0.307 e. The van der Waals surface area contributed by atoms with Crippen LogP contribution in [0, 0.1) is 0 Å². The van der Waals surface area contributed by atoms with Gasteiger partial charge in [0.1, 0.15) is 0 Å². The minimum Gasteiger partial charge on any atom is -0.307 e. The van der Waals surface area contributed by atoms with Crippen molar-refractivity contribution in [2.24, 2.45) is 0 Å². The van der Waals surface area contributed by atoms with E-state index < -0.39 is 0 Å². The van der Waals surface area contributed by atoms with Gasteiger partial charge in [0.05, 0.1) is 0 Å². The number of halogens is 1. The molecule has 2 unspecified atom stereocenters. The molecule has 1 aromatic carbocycles. The van der Waals surface area contributed by atoms with Crippen LogP contribution in [0.5, 0.6) is 0 Å². The molecule has 0 amide bonds. The van der Waals surface area contributed by atoms with Crippen molar-refractivity contribution in [1.82, 2.24) is 5.32 Å². The molecule has 0 spiro atoms. The lowest BCUT2D eigenvalue weighted by molar-refractivity contribution is 0.403. The van der Waals surface area contributed by atoms with Gasteiger partial charge in [0.25, 0.3) is 0 Å². The fourth-order valence-corrected chi connectivity index (χ4v) is 2.76. The van der Waals surface area contributed by atoms with Crippen molar-refractivity contribution >= 4 is 11.6 Å². The normalized spacial score (nSPS) is 14.2. The van der Waals surface area contributed by atoms with Crippen LogP contribution in [0.25, 0.3) is 0 Å². The Labute approximate surface area is 130 Å². The van der Waals surface area contributed by atoms with Crippen molar-refractivity contribution in [3.63, 3.8) is 0 Å². The molecule has 1 aromatic rings. The van der Waals surface area contributed by atoms with Gasteiger partial charge in [-0.3, -0.25) is 0 Å². The van der Waals surface area contributed by atoms with Crippen LogP contribution >= 0.6 is 11.6 Å². The Bertz CT molecular complexity index is 347. The second kappa shape index (κ2) is 10.2. The fourth-order valence-electron chi connectivity index (χ4n) is 2.63. The van der Waals surface area contributed by atoms with E-state index in [1.54, 1.807) is 0 Å². The van der Waals surface area contributed by atoms with Gasteiger partial charge in [0, 0.05) is 17.1 Å². The molecule has 1 rings (SSSR count). The van der Waals surface area contributed by atoms with E-state index in [4.69, 9.17) is 11.6 Å². The van der Waals surface area contributed by atoms with Crippen molar-refractivity contribution in [3.8, 4) is 0 Å². The average Bonchev–Trinajstić information content (AvgIpc) is 2.44. The molecule has 2 atom stereocenters. The predicted molar refractivity (Wildman–Crippen MR) is 90.5 cm³/mol. The Morgan fingerprint density at radius 2 is 1.65 bits per heavy atom. The van der Waals surface area contributed by atoms with Gasteiger partial charge < -0.3 is 5.32 Å². The molecule has 0 fully saturated rings. The zero-order chi connectivity index (χ0) is 14.8. The maximum Gasteiger partial charge on any atom is 0.0406 e. The molecular weight excluding hydrogens is 266 g/mol. The van der Waals surface area contributed by atoms with Crippen molar-refractivity contribution < 1.29 is 0 Å². The van der Waals surface area contributed by atoms with E-state index in [1.165, 1.54) is 50.5 Å². The molecule has 114 valence electrons. The molecule has 0 aliphatic heterocycles. The van der Waals surface area contributed by atoms with Gasteiger partial charge in [0.2, 0.25) is 0 Å².